The van der Waals surface area contributed by atoms with Gasteiger partial charge >= 0.3 is 0 Å². The molecule has 142 valence electrons. The fourth-order valence-corrected chi connectivity index (χ4v) is 5.67. The lowest BCUT2D eigenvalue weighted by atomic mass is 9.68. The molecule has 1 saturated carbocycles. The van der Waals surface area contributed by atoms with E-state index in [4.69, 9.17) is 5.73 Å². The Morgan fingerprint density at radius 1 is 1.04 bits per heavy atom. The number of likely N-dealkylation sites (tertiary alicyclic amines) is 1. The van der Waals surface area contributed by atoms with Crippen LogP contribution < -0.4 is 5.73 Å². The van der Waals surface area contributed by atoms with Gasteiger partial charge in [0.15, 0.2) is 0 Å². The number of carbonyl (C=O) groups excluding carboxylic acids is 1. The van der Waals surface area contributed by atoms with E-state index in [1.54, 1.807) is 0 Å². The molecule has 0 spiro atoms. The Labute approximate surface area is 162 Å². The van der Waals surface area contributed by atoms with Crippen LogP contribution in [0.5, 0.6) is 0 Å². The first-order valence-electron chi connectivity index (χ1n) is 10.2. The molecule has 27 heavy (non-hydrogen) atoms. The lowest BCUT2D eigenvalue weighted by Crippen LogP contribution is -2.44. The minimum absolute atomic E-state index is 0.233. The fraction of sp³-hybridized carbons (Fsp3) is 0.458. The van der Waals surface area contributed by atoms with E-state index in [0.717, 1.165) is 23.5 Å². The molecule has 3 nitrogen and oxygen atoms in total. The number of hydrogen-bond acceptors (Lipinski definition) is 2. The molecule has 0 aromatic heterocycles. The Bertz CT molecular complexity index is 734. The molecule has 3 unspecified atom stereocenters. The first-order chi connectivity index (χ1) is 13.1. The molecule has 1 saturated heterocycles. The van der Waals surface area contributed by atoms with E-state index < -0.39 is 5.41 Å². The Hall–Kier alpha value is -2.13. The van der Waals surface area contributed by atoms with Gasteiger partial charge in [-0.25, -0.2) is 0 Å². The largest absolute Gasteiger partial charge is 0.369 e. The normalized spacial score (nSPS) is 25.9. The number of amides is 1. The smallest absolute Gasteiger partial charge is 0.232 e. The molecule has 1 heterocycles. The van der Waals surface area contributed by atoms with Crippen LogP contribution in [0.15, 0.2) is 60.7 Å². The van der Waals surface area contributed by atoms with Crippen LogP contribution in [0.4, 0.5) is 0 Å². The summed E-state index contributed by atoms with van der Waals surface area (Å²) in [7, 11) is 2.26. The van der Waals surface area contributed by atoms with Crippen molar-refractivity contribution in [3.05, 3.63) is 71.8 Å². The number of rotatable bonds is 5. The van der Waals surface area contributed by atoms with Gasteiger partial charge in [0.2, 0.25) is 5.91 Å². The van der Waals surface area contributed by atoms with E-state index in [-0.39, 0.29) is 5.91 Å². The molecule has 3 atom stereocenters. The summed E-state index contributed by atoms with van der Waals surface area (Å²) < 4.78 is 0. The zero-order valence-electron chi connectivity index (χ0n) is 16.2. The van der Waals surface area contributed by atoms with Crippen LogP contribution in [-0.4, -0.2) is 30.4 Å². The molecule has 2 fully saturated rings. The summed E-state index contributed by atoms with van der Waals surface area (Å²) in [5, 5.41) is 0. The summed E-state index contributed by atoms with van der Waals surface area (Å²) in [6.45, 7) is 1.20. The second-order valence-corrected chi connectivity index (χ2v) is 8.49. The Balaban J connectivity index is 1.72. The molecule has 2 N–H and O–H groups in total. The lowest BCUT2D eigenvalue weighted by Gasteiger charge is -2.35. The van der Waals surface area contributed by atoms with Gasteiger partial charge in [-0.15, -0.1) is 0 Å². The van der Waals surface area contributed by atoms with Crippen LogP contribution in [0.1, 0.15) is 43.2 Å². The van der Waals surface area contributed by atoms with Gasteiger partial charge in [0.1, 0.15) is 0 Å². The molecule has 0 radical (unpaired) electrons. The van der Waals surface area contributed by atoms with Crippen LogP contribution in [0.25, 0.3) is 0 Å². The predicted octanol–water partition coefficient (Wildman–Crippen LogP) is 3.97. The van der Waals surface area contributed by atoms with Crippen molar-refractivity contribution in [2.24, 2.45) is 17.6 Å². The first-order valence-corrected chi connectivity index (χ1v) is 10.2. The molecular formula is C24H30N2O. The Morgan fingerprint density at radius 3 is 2.15 bits per heavy atom. The van der Waals surface area contributed by atoms with Crippen LogP contribution in [0, 0.1) is 11.8 Å². The van der Waals surface area contributed by atoms with E-state index in [1.165, 1.54) is 32.2 Å². The van der Waals surface area contributed by atoms with Crippen molar-refractivity contribution < 1.29 is 4.79 Å². The average molecular weight is 363 g/mol. The van der Waals surface area contributed by atoms with Crippen molar-refractivity contribution in [3.63, 3.8) is 0 Å². The maximum absolute atomic E-state index is 13.0. The highest BCUT2D eigenvalue weighted by atomic mass is 16.1. The van der Waals surface area contributed by atoms with Crippen molar-refractivity contribution in [1.82, 2.24) is 4.90 Å². The van der Waals surface area contributed by atoms with Gasteiger partial charge in [-0.1, -0.05) is 60.7 Å². The zero-order valence-corrected chi connectivity index (χ0v) is 16.2. The van der Waals surface area contributed by atoms with E-state index in [0.29, 0.717) is 12.0 Å². The minimum Gasteiger partial charge on any atom is -0.369 e. The number of nitrogens with zero attached hydrogens (tertiary/aromatic N) is 1. The third-order valence-corrected chi connectivity index (χ3v) is 6.96. The maximum atomic E-state index is 13.0. The maximum Gasteiger partial charge on any atom is 0.232 e. The molecule has 1 aliphatic heterocycles. The molecule has 2 aromatic carbocycles. The standard InChI is InChI=1S/C24H30N2O/c1-26-14-8-9-19-15-18(16-22(19)26)17-24(23(25)27,20-10-4-2-5-11-20)21-12-6-3-7-13-21/h2-7,10-13,18-19,22H,8-9,14-17H2,1H3,(H2,25,27). The first kappa shape index (κ1) is 18.2. The second kappa shape index (κ2) is 7.47. The number of carbonyl (C=O) groups is 1. The highest BCUT2D eigenvalue weighted by Gasteiger charge is 2.46. The van der Waals surface area contributed by atoms with Gasteiger partial charge in [0, 0.05) is 6.04 Å². The summed E-state index contributed by atoms with van der Waals surface area (Å²) in [5.41, 5.74) is 7.43. The molecule has 4 rings (SSSR count). The third kappa shape index (κ3) is 3.29. The van der Waals surface area contributed by atoms with E-state index >= 15 is 0 Å². The summed E-state index contributed by atoms with van der Waals surface area (Å²) in [6.07, 6.45) is 5.81. The summed E-state index contributed by atoms with van der Waals surface area (Å²) in [4.78, 5) is 15.5. The van der Waals surface area contributed by atoms with Crippen molar-refractivity contribution >= 4 is 5.91 Å². The van der Waals surface area contributed by atoms with Gasteiger partial charge in [0.05, 0.1) is 5.41 Å². The minimum atomic E-state index is -0.751. The van der Waals surface area contributed by atoms with Gasteiger partial charge in [0.25, 0.3) is 0 Å². The van der Waals surface area contributed by atoms with Crippen LogP contribution in [0.2, 0.25) is 0 Å². The summed E-state index contributed by atoms with van der Waals surface area (Å²) in [5.74, 6) is 1.06. The highest BCUT2D eigenvalue weighted by Crippen LogP contribution is 2.47. The summed E-state index contributed by atoms with van der Waals surface area (Å²) >= 11 is 0. The Kier molecular flexibility index (Phi) is 5.05. The van der Waals surface area contributed by atoms with Gasteiger partial charge in [-0.2, -0.15) is 0 Å². The zero-order chi connectivity index (χ0) is 18.9. The summed E-state index contributed by atoms with van der Waals surface area (Å²) in [6, 6.07) is 21.0. The number of fused-ring (bicyclic) bond motifs is 1. The fourth-order valence-electron chi connectivity index (χ4n) is 5.67. The highest BCUT2D eigenvalue weighted by molar-refractivity contribution is 5.90. The van der Waals surface area contributed by atoms with Crippen LogP contribution in [-0.2, 0) is 10.2 Å². The van der Waals surface area contributed by atoms with Crippen molar-refractivity contribution in [2.45, 2.75) is 43.6 Å². The molecule has 1 amide bonds. The van der Waals surface area contributed by atoms with Gasteiger partial charge < -0.3 is 10.6 Å². The number of primary amides is 1. The molecular weight excluding hydrogens is 332 g/mol. The average Bonchev–Trinajstić information content (AvgIpc) is 3.11. The van der Waals surface area contributed by atoms with E-state index in [9.17, 15) is 4.79 Å². The number of piperidine rings is 1. The number of nitrogens with two attached hydrogens (primary N) is 1. The monoisotopic (exact) mass is 362 g/mol. The molecule has 1 aliphatic carbocycles. The van der Waals surface area contributed by atoms with Crippen LogP contribution >= 0.6 is 0 Å². The number of benzene rings is 2. The second-order valence-electron chi connectivity index (χ2n) is 8.49. The van der Waals surface area contributed by atoms with Crippen molar-refractivity contribution in [2.75, 3.05) is 13.6 Å². The van der Waals surface area contributed by atoms with E-state index in [2.05, 4.69) is 36.2 Å². The van der Waals surface area contributed by atoms with Crippen LogP contribution in [0.3, 0.4) is 0 Å². The quantitative estimate of drug-likeness (QED) is 0.875. The Morgan fingerprint density at radius 2 is 1.63 bits per heavy atom. The topological polar surface area (TPSA) is 46.3 Å². The SMILES string of the molecule is CN1CCCC2CC(CC(C(N)=O)(c3ccccc3)c3ccccc3)CC21. The van der Waals surface area contributed by atoms with Crippen molar-refractivity contribution in [1.29, 1.82) is 0 Å². The van der Waals surface area contributed by atoms with Crippen molar-refractivity contribution in [3.8, 4) is 0 Å². The lowest BCUT2D eigenvalue weighted by molar-refractivity contribution is -0.122. The number of hydrogen-bond donors (Lipinski definition) is 1. The van der Waals surface area contributed by atoms with Gasteiger partial charge in [-0.05, 0) is 68.7 Å². The molecule has 3 heteroatoms. The molecule has 2 aliphatic rings. The van der Waals surface area contributed by atoms with Gasteiger partial charge in [-0.3, -0.25) is 4.79 Å². The van der Waals surface area contributed by atoms with E-state index in [1.807, 2.05) is 36.4 Å². The molecule has 0 bridgehead atoms. The molecule has 2 aromatic rings. The predicted molar refractivity (Wildman–Crippen MR) is 109 cm³/mol. The third-order valence-electron chi connectivity index (χ3n) is 6.96.